The largest absolute Gasteiger partial charge is 0.487 e. The summed E-state index contributed by atoms with van der Waals surface area (Å²) in [6.07, 6.45) is 0.781. The van der Waals surface area contributed by atoms with Crippen LogP contribution in [-0.2, 0) is 0 Å². The highest BCUT2D eigenvalue weighted by Gasteiger charge is 2.13. The Morgan fingerprint density at radius 3 is 2.93 bits per heavy atom. The van der Waals surface area contributed by atoms with Gasteiger partial charge in [0.15, 0.2) is 11.3 Å². The van der Waals surface area contributed by atoms with Crippen LogP contribution in [-0.4, -0.2) is 13.4 Å². The maximum atomic E-state index is 10.9. The third-order valence-corrected chi connectivity index (χ3v) is 3.42. The van der Waals surface area contributed by atoms with Crippen LogP contribution in [0.5, 0.6) is 5.06 Å². The van der Waals surface area contributed by atoms with Crippen molar-refractivity contribution in [3.05, 3.63) is 28.8 Å². The summed E-state index contributed by atoms with van der Waals surface area (Å²) in [6.45, 7) is 0. The number of benzene rings is 1. The van der Waals surface area contributed by atoms with Gasteiger partial charge in [-0.15, -0.1) is 0 Å². The first-order valence-corrected chi connectivity index (χ1v) is 5.17. The molecule has 0 fully saturated rings. The molecule has 0 saturated heterocycles. The van der Waals surface area contributed by atoms with Crippen LogP contribution in [0.1, 0.15) is 10.4 Å². The van der Waals surface area contributed by atoms with Gasteiger partial charge in [-0.1, -0.05) is 29.0 Å². The quantitative estimate of drug-likeness (QED) is 0.734. The maximum absolute atomic E-state index is 10.9. The van der Waals surface area contributed by atoms with Gasteiger partial charge in [0.1, 0.15) is 0 Å². The van der Waals surface area contributed by atoms with Crippen LogP contribution in [0.4, 0.5) is 0 Å². The maximum Gasteiger partial charge on any atom is 0.185 e. The zero-order valence-corrected chi connectivity index (χ0v) is 8.98. The molecule has 0 bridgehead atoms. The van der Waals surface area contributed by atoms with E-state index in [0.717, 1.165) is 16.4 Å². The number of carbonyl (C=O) groups is 1. The predicted molar refractivity (Wildman–Crippen MR) is 58.8 cm³/mol. The smallest absolute Gasteiger partial charge is 0.185 e. The van der Waals surface area contributed by atoms with E-state index in [-0.39, 0.29) is 0 Å². The number of rotatable bonds is 2. The summed E-state index contributed by atoms with van der Waals surface area (Å²) in [6, 6.07) is 5.54. The molecule has 0 aliphatic heterocycles. The molecule has 0 radical (unpaired) electrons. The summed E-state index contributed by atoms with van der Waals surface area (Å²) in [5.41, 5.74) is 0.540. The Balaban J connectivity index is 2.88. The van der Waals surface area contributed by atoms with Crippen molar-refractivity contribution < 1.29 is 9.53 Å². The first-order chi connectivity index (χ1) is 6.77. The van der Waals surface area contributed by atoms with Crippen molar-refractivity contribution >= 4 is 39.3 Å². The van der Waals surface area contributed by atoms with E-state index in [9.17, 15) is 4.79 Å². The molecule has 0 aliphatic rings. The Labute approximate surface area is 90.1 Å². The van der Waals surface area contributed by atoms with Crippen molar-refractivity contribution in [1.82, 2.24) is 0 Å². The molecule has 0 atom stereocenters. The average molecular weight is 227 g/mol. The molecule has 1 aromatic carbocycles. The zero-order chi connectivity index (χ0) is 10.1. The van der Waals surface area contributed by atoms with E-state index in [1.165, 1.54) is 11.3 Å². The molecule has 72 valence electrons. The van der Waals surface area contributed by atoms with E-state index in [1.54, 1.807) is 13.2 Å². The van der Waals surface area contributed by atoms with Gasteiger partial charge in [0, 0.05) is 10.1 Å². The second kappa shape index (κ2) is 3.59. The molecule has 0 aliphatic carbocycles. The van der Waals surface area contributed by atoms with Crippen LogP contribution >= 0.6 is 22.9 Å². The van der Waals surface area contributed by atoms with E-state index >= 15 is 0 Å². The molecule has 0 N–H and O–H groups in total. The number of methoxy groups -OCH3 is 1. The van der Waals surface area contributed by atoms with E-state index in [4.69, 9.17) is 16.3 Å². The summed E-state index contributed by atoms with van der Waals surface area (Å²) in [5, 5.41) is 1.98. The van der Waals surface area contributed by atoms with Crippen molar-refractivity contribution in [3.8, 4) is 5.06 Å². The SMILES string of the molecule is COc1sc2cccc(Cl)c2c1C=O. The minimum absolute atomic E-state index is 0.540. The van der Waals surface area contributed by atoms with Gasteiger partial charge in [-0.3, -0.25) is 4.79 Å². The molecule has 2 rings (SSSR count). The molecule has 0 amide bonds. The lowest BCUT2D eigenvalue weighted by molar-refractivity contribution is 0.112. The van der Waals surface area contributed by atoms with Crippen LogP contribution in [0.25, 0.3) is 10.1 Å². The Morgan fingerprint density at radius 1 is 1.50 bits per heavy atom. The van der Waals surface area contributed by atoms with Crippen LogP contribution < -0.4 is 4.74 Å². The minimum atomic E-state index is 0.540. The Kier molecular flexibility index (Phi) is 2.44. The summed E-state index contributed by atoms with van der Waals surface area (Å²) in [7, 11) is 1.55. The number of hydrogen-bond acceptors (Lipinski definition) is 3. The second-order valence-electron chi connectivity index (χ2n) is 2.74. The van der Waals surface area contributed by atoms with Crippen molar-refractivity contribution in [2.45, 2.75) is 0 Å². The lowest BCUT2D eigenvalue weighted by Gasteiger charge is -1.95. The molecule has 2 aromatic rings. The normalized spacial score (nSPS) is 10.4. The molecule has 2 nitrogen and oxygen atoms in total. The molecule has 4 heteroatoms. The fraction of sp³-hybridized carbons (Fsp3) is 0.100. The van der Waals surface area contributed by atoms with Crippen LogP contribution in [0.15, 0.2) is 18.2 Å². The summed E-state index contributed by atoms with van der Waals surface area (Å²) in [4.78, 5) is 10.9. The third kappa shape index (κ3) is 1.29. The fourth-order valence-electron chi connectivity index (χ4n) is 1.37. The molecule has 1 heterocycles. The Morgan fingerprint density at radius 2 is 2.29 bits per heavy atom. The minimum Gasteiger partial charge on any atom is -0.487 e. The first kappa shape index (κ1) is 9.49. The highest BCUT2D eigenvalue weighted by Crippen LogP contribution is 2.39. The fourth-order valence-corrected chi connectivity index (χ4v) is 2.71. The lowest BCUT2D eigenvalue weighted by Crippen LogP contribution is -1.84. The molecule has 14 heavy (non-hydrogen) atoms. The van der Waals surface area contributed by atoms with Gasteiger partial charge in [0.2, 0.25) is 0 Å². The summed E-state index contributed by atoms with van der Waals surface area (Å²) >= 11 is 7.43. The number of carbonyl (C=O) groups excluding carboxylic acids is 1. The molecular weight excluding hydrogens is 220 g/mol. The van der Waals surface area contributed by atoms with Gasteiger partial charge < -0.3 is 4.74 Å². The Hall–Kier alpha value is -1.06. The summed E-state index contributed by atoms with van der Waals surface area (Å²) < 4.78 is 6.07. The van der Waals surface area contributed by atoms with Crippen LogP contribution in [0.2, 0.25) is 5.02 Å². The van der Waals surface area contributed by atoms with Gasteiger partial charge in [-0.05, 0) is 12.1 Å². The van der Waals surface area contributed by atoms with Gasteiger partial charge in [0.25, 0.3) is 0 Å². The number of hydrogen-bond donors (Lipinski definition) is 0. The lowest BCUT2D eigenvalue weighted by atomic mass is 10.2. The number of aldehydes is 1. The van der Waals surface area contributed by atoms with E-state index < -0.39 is 0 Å². The summed E-state index contributed by atoms with van der Waals surface area (Å²) in [5.74, 6) is 0. The van der Waals surface area contributed by atoms with Crippen molar-refractivity contribution in [2.75, 3.05) is 7.11 Å². The van der Waals surface area contributed by atoms with Gasteiger partial charge >= 0.3 is 0 Å². The molecule has 0 spiro atoms. The van der Waals surface area contributed by atoms with Crippen LogP contribution in [0, 0.1) is 0 Å². The van der Waals surface area contributed by atoms with Crippen molar-refractivity contribution in [2.24, 2.45) is 0 Å². The van der Waals surface area contributed by atoms with E-state index in [1.807, 2.05) is 12.1 Å². The number of ether oxygens (including phenoxy) is 1. The van der Waals surface area contributed by atoms with Gasteiger partial charge in [-0.2, -0.15) is 0 Å². The first-order valence-electron chi connectivity index (χ1n) is 3.98. The van der Waals surface area contributed by atoms with Gasteiger partial charge in [-0.25, -0.2) is 0 Å². The second-order valence-corrected chi connectivity index (χ2v) is 4.16. The number of fused-ring (bicyclic) bond motifs is 1. The Bertz CT molecular complexity index is 490. The average Bonchev–Trinajstić information content (AvgIpc) is 2.56. The molecule has 0 unspecified atom stereocenters. The van der Waals surface area contributed by atoms with Crippen molar-refractivity contribution in [1.29, 1.82) is 0 Å². The molecule has 0 saturated carbocycles. The number of thiophene rings is 1. The monoisotopic (exact) mass is 226 g/mol. The highest BCUT2D eigenvalue weighted by atomic mass is 35.5. The molecule has 1 aromatic heterocycles. The van der Waals surface area contributed by atoms with E-state index in [2.05, 4.69) is 0 Å². The zero-order valence-electron chi connectivity index (χ0n) is 7.41. The number of halogens is 1. The molecular formula is C10H7ClO2S. The predicted octanol–water partition coefficient (Wildman–Crippen LogP) is 3.38. The third-order valence-electron chi connectivity index (χ3n) is 1.97. The highest BCUT2D eigenvalue weighted by molar-refractivity contribution is 7.21. The van der Waals surface area contributed by atoms with Crippen LogP contribution in [0.3, 0.4) is 0 Å². The van der Waals surface area contributed by atoms with Gasteiger partial charge in [0.05, 0.1) is 17.7 Å². The standard InChI is InChI=1S/C10H7ClO2S/c1-13-10-6(5-12)9-7(11)3-2-4-8(9)14-10/h2-5H,1H3. The van der Waals surface area contributed by atoms with Crippen molar-refractivity contribution in [3.63, 3.8) is 0 Å². The van der Waals surface area contributed by atoms with E-state index in [0.29, 0.717) is 15.6 Å². The topological polar surface area (TPSA) is 26.3 Å².